The Bertz CT molecular complexity index is 1530. The number of anilines is 3. The van der Waals surface area contributed by atoms with Gasteiger partial charge in [-0.1, -0.05) is 85.5 Å². The maximum Gasteiger partial charge on any atom is 0.262 e. The molecule has 0 radical (unpaired) electrons. The van der Waals surface area contributed by atoms with Gasteiger partial charge in [-0.2, -0.15) is 0 Å². The van der Waals surface area contributed by atoms with Crippen molar-refractivity contribution in [2.75, 3.05) is 22.1 Å². The zero-order chi connectivity index (χ0) is 34.2. The molecule has 2 aliphatic rings. The summed E-state index contributed by atoms with van der Waals surface area (Å²) >= 11 is 6.91. The van der Waals surface area contributed by atoms with Crippen LogP contribution in [0.1, 0.15) is 117 Å². The van der Waals surface area contributed by atoms with Gasteiger partial charge >= 0.3 is 0 Å². The number of hydrogen-bond acceptors (Lipinski definition) is 5. The number of ether oxygens (including phenoxy) is 1. The maximum atomic E-state index is 13.7. The highest BCUT2D eigenvalue weighted by Crippen LogP contribution is 2.52. The average molecular weight is 652 g/mol. The van der Waals surface area contributed by atoms with Crippen molar-refractivity contribution in [2.45, 2.75) is 113 Å². The van der Waals surface area contributed by atoms with Gasteiger partial charge in [0.1, 0.15) is 5.75 Å². The van der Waals surface area contributed by atoms with Crippen LogP contribution in [0.3, 0.4) is 0 Å². The molecule has 0 bridgehead atoms. The molecule has 1 atom stereocenters. The van der Waals surface area contributed by atoms with Crippen LogP contribution in [0, 0.1) is 16.2 Å². The summed E-state index contributed by atoms with van der Waals surface area (Å²) in [5, 5.41) is 5.83. The van der Waals surface area contributed by atoms with Crippen molar-refractivity contribution in [3.05, 3.63) is 46.0 Å². The van der Waals surface area contributed by atoms with E-state index in [1.54, 1.807) is 13.0 Å². The molecular weight excluding hydrogens is 602 g/mol. The summed E-state index contributed by atoms with van der Waals surface area (Å²) < 4.78 is 6.21. The van der Waals surface area contributed by atoms with Gasteiger partial charge in [-0.05, 0) is 72.1 Å². The van der Waals surface area contributed by atoms with Gasteiger partial charge in [0.25, 0.3) is 5.91 Å². The number of carbonyl (C=O) groups is 4. The molecule has 1 heterocycles. The molecule has 2 aromatic rings. The SMILES string of the molecule is CCC1(C)CC(=O)N(c2c(Cl)c(NC(C)=O)cc(NC(=O)COc3cc(CC(C)(C)C)ccc3CC(C)(C)C)c2C2CCC2)C1=O. The van der Waals surface area contributed by atoms with Gasteiger partial charge in [-0.3, -0.25) is 19.2 Å². The van der Waals surface area contributed by atoms with Crippen LogP contribution < -0.4 is 20.3 Å². The third kappa shape index (κ3) is 8.11. The van der Waals surface area contributed by atoms with E-state index in [2.05, 4.69) is 64.3 Å². The van der Waals surface area contributed by atoms with Crippen LogP contribution in [0.15, 0.2) is 24.3 Å². The van der Waals surface area contributed by atoms with E-state index >= 15 is 0 Å². The van der Waals surface area contributed by atoms with Crippen molar-refractivity contribution in [3.63, 3.8) is 0 Å². The number of amides is 4. The number of halogens is 1. The Hall–Kier alpha value is -3.39. The number of carbonyl (C=O) groups excluding carboxylic acids is 4. The molecule has 2 fully saturated rings. The predicted octanol–water partition coefficient (Wildman–Crippen LogP) is 8.44. The van der Waals surface area contributed by atoms with Crippen molar-refractivity contribution >= 4 is 52.3 Å². The van der Waals surface area contributed by atoms with Gasteiger partial charge in [0.15, 0.2) is 6.61 Å². The third-order valence-corrected chi connectivity index (χ3v) is 9.22. The van der Waals surface area contributed by atoms with Crippen molar-refractivity contribution in [1.82, 2.24) is 0 Å². The summed E-state index contributed by atoms with van der Waals surface area (Å²) in [5.41, 5.74) is 2.92. The molecule has 2 N–H and O–H groups in total. The van der Waals surface area contributed by atoms with E-state index in [-0.39, 0.29) is 63.9 Å². The smallest absolute Gasteiger partial charge is 0.262 e. The van der Waals surface area contributed by atoms with Crippen LogP contribution in [0.2, 0.25) is 5.02 Å². The van der Waals surface area contributed by atoms with Gasteiger partial charge in [0.2, 0.25) is 17.7 Å². The molecule has 8 nitrogen and oxygen atoms in total. The average Bonchev–Trinajstić information content (AvgIpc) is 3.12. The molecule has 250 valence electrons. The number of imide groups is 1. The van der Waals surface area contributed by atoms with Crippen molar-refractivity contribution in [2.24, 2.45) is 16.2 Å². The first-order valence-corrected chi connectivity index (χ1v) is 16.8. The summed E-state index contributed by atoms with van der Waals surface area (Å²) in [6.45, 7) is 17.8. The minimum atomic E-state index is -0.856. The van der Waals surface area contributed by atoms with Crippen molar-refractivity contribution in [1.29, 1.82) is 0 Å². The highest BCUT2D eigenvalue weighted by Gasteiger charge is 2.49. The summed E-state index contributed by atoms with van der Waals surface area (Å²) in [6.07, 6.45) is 4.81. The molecule has 2 aromatic carbocycles. The quantitative estimate of drug-likeness (QED) is 0.251. The van der Waals surface area contributed by atoms with E-state index in [1.165, 1.54) is 11.8 Å². The molecule has 1 saturated heterocycles. The molecule has 1 aliphatic carbocycles. The summed E-state index contributed by atoms with van der Waals surface area (Å²) in [7, 11) is 0. The second kappa shape index (κ2) is 13.4. The molecular formula is C37H50ClN3O5. The first kappa shape index (κ1) is 35.5. The lowest BCUT2D eigenvalue weighted by molar-refractivity contribution is -0.125. The van der Waals surface area contributed by atoms with Crippen molar-refractivity contribution in [3.8, 4) is 5.75 Å². The Morgan fingerprint density at radius 1 is 1.00 bits per heavy atom. The van der Waals surface area contributed by atoms with Gasteiger partial charge in [-0.25, -0.2) is 4.90 Å². The normalized spacial score (nSPS) is 18.9. The van der Waals surface area contributed by atoms with Crippen LogP contribution >= 0.6 is 11.6 Å². The maximum absolute atomic E-state index is 13.7. The fourth-order valence-electron chi connectivity index (χ4n) is 6.25. The van der Waals surface area contributed by atoms with Gasteiger partial charge in [-0.15, -0.1) is 0 Å². The van der Waals surface area contributed by atoms with Crippen LogP contribution in [0.4, 0.5) is 17.1 Å². The summed E-state index contributed by atoms with van der Waals surface area (Å²) in [5.74, 6) is -0.791. The molecule has 4 rings (SSSR count). The number of rotatable bonds is 10. The van der Waals surface area contributed by atoms with Crippen LogP contribution in [-0.2, 0) is 32.0 Å². The monoisotopic (exact) mass is 651 g/mol. The first-order valence-electron chi connectivity index (χ1n) is 16.4. The first-order chi connectivity index (χ1) is 21.3. The molecule has 4 amide bonds. The van der Waals surface area contributed by atoms with E-state index < -0.39 is 11.3 Å². The Balaban J connectivity index is 1.72. The third-order valence-electron chi connectivity index (χ3n) is 8.84. The van der Waals surface area contributed by atoms with Gasteiger partial charge < -0.3 is 15.4 Å². The highest BCUT2D eigenvalue weighted by molar-refractivity contribution is 6.39. The Labute approximate surface area is 279 Å². The highest BCUT2D eigenvalue weighted by atomic mass is 35.5. The van der Waals surface area contributed by atoms with Crippen molar-refractivity contribution < 1.29 is 23.9 Å². The topological polar surface area (TPSA) is 105 Å². The second-order valence-electron chi connectivity index (χ2n) is 15.7. The summed E-state index contributed by atoms with van der Waals surface area (Å²) in [6, 6.07) is 7.88. The van der Waals surface area contributed by atoms with Crippen LogP contribution in [0.25, 0.3) is 0 Å². The Morgan fingerprint density at radius 3 is 2.17 bits per heavy atom. The molecule has 1 aliphatic heterocycles. The fraction of sp³-hybridized carbons (Fsp3) is 0.568. The number of nitrogens with zero attached hydrogens (tertiary/aromatic N) is 1. The van der Waals surface area contributed by atoms with E-state index in [1.807, 2.05) is 13.0 Å². The molecule has 0 aromatic heterocycles. The number of hydrogen-bond donors (Lipinski definition) is 2. The second-order valence-corrected chi connectivity index (χ2v) is 16.1. The lowest BCUT2D eigenvalue weighted by Gasteiger charge is -2.34. The van der Waals surface area contributed by atoms with Gasteiger partial charge in [0.05, 0.1) is 21.8 Å². The minimum absolute atomic E-state index is 0.0156. The van der Waals surface area contributed by atoms with Gasteiger partial charge in [0, 0.05) is 24.6 Å². The standard InChI is InChI=1S/C37H50ClN3O5/c1-10-37(9)20-30(44)41(34(37)45)33-31(24-12-11-13-24)26(17-27(32(33)38)39-22(2)42)40-29(43)21-46-28-16-23(18-35(3,4)5)14-15-25(28)19-36(6,7)8/h14-17,24H,10-13,18-21H2,1-9H3,(H,39,42)(H,40,43). The Morgan fingerprint density at radius 2 is 1.65 bits per heavy atom. The van der Waals surface area contributed by atoms with E-state index in [9.17, 15) is 19.2 Å². The molecule has 0 spiro atoms. The number of nitrogens with one attached hydrogen (secondary N) is 2. The lowest BCUT2D eigenvalue weighted by atomic mass is 9.78. The minimum Gasteiger partial charge on any atom is -0.483 e. The fourth-order valence-corrected chi connectivity index (χ4v) is 6.54. The zero-order valence-corrected chi connectivity index (χ0v) is 29.7. The molecule has 1 unspecified atom stereocenters. The summed E-state index contributed by atoms with van der Waals surface area (Å²) in [4.78, 5) is 54.1. The predicted molar refractivity (Wildman–Crippen MR) is 185 cm³/mol. The molecule has 9 heteroatoms. The van der Waals surface area contributed by atoms with E-state index in [4.69, 9.17) is 16.3 Å². The number of benzene rings is 2. The van der Waals surface area contributed by atoms with Crippen LogP contribution in [0.5, 0.6) is 5.75 Å². The van der Waals surface area contributed by atoms with Crippen LogP contribution in [-0.4, -0.2) is 30.2 Å². The largest absolute Gasteiger partial charge is 0.483 e. The molecule has 1 saturated carbocycles. The Kier molecular flexibility index (Phi) is 10.3. The van der Waals surface area contributed by atoms with E-state index in [0.29, 0.717) is 23.4 Å². The molecule has 46 heavy (non-hydrogen) atoms. The van der Waals surface area contributed by atoms with E-state index in [0.717, 1.165) is 43.2 Å². The lowest BCUT2D eigenvalue weighted by Crippen LogP contribution is -2.36. The zero-order valence-electron chi connectivity index (χ0n) is 28.9.